The van der Waals surface area contributed by atoms with Crippen molar-refractivity contribution in [3.05, 3.63) is 72.9 Å². The zero-order valence-electron chi connectivity index (χ0n) is 38.5. The van der Waals surface area contributed by atoms with Gasteiger partial charge in [0.2, 0.25) is 0 Å². The highest BCUT2D eigenvalue weighted by molar-refractivity contribution is 5.71. The van der Waals surface area contributed by atoms with E-state index >= 15 is 0 Å². The van der Waals surface area contributed by atoms with Gasteiger partial charge in [-0.1, -0.05) is 203 Å². The van der Waals surface area contributed by atoms with Crippen molar-refractivity contribution in [1.29, 1.82) is 0 Å². The van der Waals surface area contributed by atoms with Crippen molar-refractivity contribution >= 4 is 17.9 Å². The lowest BCUT2D eigenvalue weighted by atomic mass is 10.0. The third-order valence-corrected chi connectivity index (χ3v) is 10.2. The van der Waals surface area contributed by atoms with Gasteiger partial charge in [0.15, 0.2) is 6.10 Å². The van der Waals surface area contributed by atoms with E-state index in [0.717, 1.165) is 83.5 Å². The standard InChI is InChI=1S/C53H90O6/c1-4-7-10-13-15-17-19-21-22-23-24-25-26-27-28-29-30-32-33-35-37-40-43-46-52(55)58-49-50(48-57-51(54)45-42-39-12-9-6-3)59-53(56)47-44-41-38-36-34-31-20-18-16-14-11-8-5-2/h8,11,16,18-19,21,23-24,31,34,38,41,50H,4-7,9-10,12-15,17,20,22,25-30,32-33,35-37,39-40,42-49H2,1-3H3/b11-8-,18-16-,21-19-,24-23-,34-31-,41-38-. The first-order valence-electron chi connectivity index (χ1n) is 24.4. The Morgan fingerprint density at radius 1 is 0.356 bits per heavy atom. The molecule has 0 fully saturated rings. The van der Waals surface area contributed by atoms with Gasteiger partial charge in [-0.3, -0.25) is 14.4 Å². The number of unbranched alkanes of at least 4 members (excludes halogenated alkanes) is 20. The van der Waals surface area contributed by atoms with Gasteiger partial charge in [-0.2, -0.15) is 0 Å². The van der Waals surface area contributed by atoms with Crippen molar-refractivity contribution in [3.63, 3.8) is 0 Å². The summed E-state index contributed by atoms with van der Waals surface area (Å²) >= 11 is 0. The van der Waals surface area contributed by atoms with E-state index in [1.54, 1.807) is 0 Å². The third-order valence-electron chi connectivity index (χ3n) is 10.2. The van der Waals surface area contributed by atoms with Crippen LogP contribution in [0.1, 0.15) is 226 Å². The van der Waals surface area contributed by atoms with Crippen LogP contribution in [0.2, 0.25) is 0 Å². The Morgan fingerprint density at radius 3 is 1.10 bits per heavy atom. The number of hydrogen-bond donors (Lipinski definition) is 0. The Labute approximate surface area is 363 Å². The van der Waals surface area contributed by atoms with Crippen LogP contribution in [0, 0.1) is 0 Å². The van der Waals surface area contributed by atoms with Crippen molar-refractivity contribution in [2.45, 2.75) is 232 Å². The third kappa shape index (κ3) is 45.8. The highest BCUT2D eigenvalue weighted by atomic mass is 16.6. The normalized spacial score (nSPS) is 12.7. The lowest BCUT2D eigenvalue weighted by molar-refractivity contribution is -0.166. The number of allylic oxidation sites excluding steroid dienone is 12. The van der Waals surface area contributed by atoms with Gasteiger partial charge in [0.1, 0.15) is 13.2 Å². The van der Waals surface area contributed by atoms with Crippen molar-refractivity contribution in [3.8, 4) is 0 Å². The molecule has 0 aromatic carbocycles. The van der Waals surface area contributed by atoms with Crippen LogP contribution in [0.5, 0.6) is 0 Å². The number of hydrogen-bond acceptors (Lipinski definition) is 6. The maximum Gasteiger partial charge on any atom is 0.306 e. The molecule has 0 aromatic rings. The van der Waals surface area contributed by atoms with Gasteiger partial charge in [0.25, 0.3) is 0 Å². The second kappa shape index (κ2) is 47.5. The number of esters is 3. The first kappa shape index (κ1) is 55.9. The van der Waals surface area contributed by atoms with Crippen LogP contribution in [-0.4, -0.2) is 37.2 Å². The molecule has 0 aliphatic carbocycles. The predicted molar refractivity (Wildman–Crippen MR) is 251 cm³/mol. The van der Waals surface area contributed by atoms with Crippen LogP contribution in [0.25, 0.3) is 0 Å². The maximum absolute atomic E-state index is 12.6. The molecule has 59 heavy (non-hydrogen) atoms. The van der Waals surface area contributed by atoms with Gasteiger partial charge in [0, 0.05) is 19.3 Å². The second-order valence-electron chi connectivity index (χ2n) is 16.0. The van der Waals surface area contributed by atoms with Gasteiger partial charge in [-0.05, 0) is 77.0 Å². The molecule has 0 spiro atoms. The van der Waals surface area contributed by atoms with Gasteiger partial charge >= 0.3 is 17.9 Å². The summed E-state index contributed by atoms with van der Waals surface area (Å²) in [6, 6.07) is 0. The SMILES string of the molecule is CC/C=C\C/C=C\C/C=C\C/C=C\CCC(=O)OC(COC(=O)CCCCCCC)COC(=O)CCCCCCCCCCCCC/C=C\C/C=C\CCCCCCC. The number of carbonyl (C=O) groups is 3. The molecule has 0 aliphatic rings. The number of ether oxygens (including phenoxy) is 3. The first-order valence-corrected chi connectivity index (χ1v) is 24.4. The molecule has 0 saturated carbocycles. The summed E-state index contributed by atoms with van der Waals surface area (Å²) in [4.78, 5) is 37.5. The van der Waals surface area contributed by atoms with E-state index in [1.807, 2.05) is 12.2 Å². The molecule has 338 valence electrons. The Morgan fingerprint density at radius 2 is 0.695 bits per heavy atom. The average Bonchev–Trinajstić information content (AvgIpc) is 3.23. The fraction of sp³-hybridized carbons (Fsp3) is 0.717. The van der Waals surface area contributed by atoms with Gasteiger partial charge in [-0.25, -0.2) is 0 Å². The summed E-state index contributed by atoms with van der Waals surface area (Å²) in [6.45, 7) is 6.35. The first-order chi connectivity index (χ1) is 29.0. The molecule has 0 heterocycles. The molecule has 0 saturated heterocycles. The fourth-order valence-corrected chi connectivity index (χ4v) is 6.54. The highest BCUT2D eigenvalue weighted by Crippen LogP contribution is 2.14. The second-order valence-corrected chi connectivity index (χ2v) is 16.0. The maximum atomic E-state index is 12.6. The fourth-order valence-electron chi connectivity index (χ4n) is 6.54. The van der Waals surface area contributed by atoms with Crippen molar-refractivity contribution in [2.24, 2.45) is 0 Å². The van der Waals surface area contributed by atoms with E-state index in [4.69, 9.17) is 14.2 Å². The summed E-state index contributed by atoms with van der Waals surface area (Å²) in [7, 11) is 0. The molecule has 6 nitrogen and oxygen atoms in total. The van der Waals surface area contributed by atoms with Crippen molar-refractivity contribution < 1.29 is 28.6 Å². The quantitative estimate of drug-likeness (QED) is 0.0264. The van der Waals surface area contributed by atoms with Gasteiger partial charge in [0.05, 0.1) is 0 Å². The molecule has 0 aromatic heterocycles. The molecule has 0 amide bonds. The molecular weight excluding hydrogens is 733 g/mol. The molecule has 0 aliphatic heterocycles. The van der Waals surface area contributed by atoms with Crippen LogP contribution in [0.3, 0.4) is 0 Å². The predicted octanol–water partition coefficient (Wildman–Crippen LogP) is 15.9. The smallest absolute Gasteiger partial charge is 0.306 e. The Bertz CT molecular complexity index is 1130. The Hall–Kier alpha value is -3.15. The van der Waals surface area contributed by atoms with E-state index in [2.05, 4.69) is 81.5 Å². The van der Waals surface area contributed by atoms with Crippen molar-refractivity contribution in [1.82, 2.24) is 0 Å². The molecule has 0 rings (SSSR count). The van der Waals surface area contributed by atoms with E-state index in [0.29, 0.717) is 19.3 Å². The van der Waals surface area contributed by atoms with E-state index in [1.165, 1.54) is 96.3 Å². The summed E-state index contributed by atoms with van der Waals surface area (Å²) in [5.74, 6) is -1.01. The monoisotopic (exact) mass is 823 g/mol. The summed E-state index contributed by atoms with van der Waals surface area (Å²) in [5, 5.41) is 0. The molecule has 1 atom stereocenters. The number of carbonyl (C=O) groups excluding carboxylic acids is 3. The topological polar surface area (TPSA) is 78.9 Å². The number of rotatable bonds is 43. The Balaban J connectivity index is 4.18. The summed E-state index contributed by atoms with van der Waals surface area (Å²) in [5.41, 5.74) is 0. The molecule has 0 bridgehead atoms. The molecular formula is C53H90O6. The lowest BCUT2D eigenvalue weighted by Crippen LogP contribution is -2.30. The highest BCUT2D eigenvalue weighted by Gasteiger charge is 2.19. The van der Waals surface area contributed by atoms with Crippen LogP contribution >= 0.6 is 0 Å². The minimum absolute atomic E-state index is 0.105. The zero-order chi connectivity index (χ0) is 43.0. The summed E-state index contributed by atoms with van der Waals surface area (Å²) < 4.78 is 16.5. The van der Waals surface area contributed by atoms with E-state index in [9.17, 15) is 14.4 Å². The minimum Gasteiger partial charge on any atom is -0.462 e. The van der Waals surface area contributed by atoms with Crippen LogP contribution in [0.4, 0.5) is 0 Å². The minimum atomic E-state index is -0.809. The van der Waals surface area contributed by atoms with Crippen LogP contribution < -0.4 is 0 Å². The lowest BCUT2D eigenvalue weighted by Gasteiger charge is -2.18. The van der Waals surface area contributed by atoms with E-state index < -0.39 is 12.1 Å². The van der Waals surface area contributed by atoms with E-state index in [-0.39, 0.29) is 31.6 Å². The molecule has 6 heteroatoms. The Kier molecular flexibility index (Phi) is 45.0. The van der Waals surface area contributed by atoms with Gasteiger partial charge in [-0.15, -0.1) is 0 Å². The molecule has 0 N–H and O–H groups in total. The largest absolute Gasteiger partial charge is 0.462 e. The molecule has 0 radical (unpaired) electrons. The average molecular weight is 823 g/mol. The molecule has 1 unspecified atom stereocenters. The zero-order valence-corrected chi connectivity index (χ0v) is 38.5. The van der Waals surface area contributed by atoms with Gasteiger partial charge < -0.3 is 14.2 Å². The summed E-state index contributed by atoms with van der Waals surface area (Å²) in [6.07, 6.45) is 59.4. The van der Waals surface area contributed by atoms with Crippen molar-refractivity contribution in [2.75, 3.05) is 13.2 Å². The van der Waals surface area contributed by atoms with Crippen LogP contribution in [-0.2, 0) is 28.6 Å². The van der Waals surface area contributed by atoms with Crippen LogP contribution in [0.15, 0.2) is 72.9 Å².